The number of benzene rings is 1. The molecule has 0 aromatic heterocycles. The van der Waals surface area contributed by atoms with E-state index in [2.05, 4.69) is 26.1 Å². The first-order valence-electron chi connectivity index (χ1n) is 6.63. The van der Waals surface area contributed by atoms with Gasteiger partial charge in [0.05, 0.1) is 10.6 Å². The van der Waals surface area contributed by atoms with Crippen molar-refractivity contribution in [2.24, 2.45) is 0 Å². The van der Waals surface area contributed by atoms with E-state index in [0.717, 1.165) is 24.9 Å². The molecule has 0 saturated carbocycles. The molecule has 1 aromatic rings. The van der Waals surface area contributed by atoms with Crippen molar-refractivity contribution < 1.29 is 9.13 Å². The van der Waals surface area contributed by atoms with Gasteiger partial charge in [-0.3, -0.25) is 0 Å². The van der Waals surface area contributed by atoms with Crippen LogP contribution in [0.2, 0.25) is 5.02 Å². The first-order valence-corrected chi connectivity index (χ1v) is 7.01. The Kier molecular flexibility index (Phi) is 6.24. The molecule has 0 saturated heterocycles. The number of methoxy groups -OCH3 is 1. The highest BCUT2D eigenvalue weighted by Gasteiger charge is 2.20. The van der Waals surface area contributed by atoms with Gasteiger partial charge in [0, 0.05) is 13.2 Å². The molecule has 1 rings (SSSR count). The summed E-state index contributed by atoms with van der Waals surface area (Å²) in [6.07, 6.45) is 1.83. The summed E-state index contributed by atoms with van der Waals surface area (Å²) in [5, 5.41) is 3.58. The summed E-state index contributed by atoms with van der Waals surface area (Å²) in [5.74, 6) is -0.377. The normalized spacial score (nSPS) is 13.6. The second-order valence-electron chi connectivity index (χ2n) is 5.29. The highest BCUT2D eigenvalue weighted by molar-refractivity contribution is 6.30. The third-order valence-corrected chi connectivity index (χ3v) is 3.67. The molecule has 0 aliphatic heterocycles. The number of rotatable bonds is 7. The maximum absolute atomic E-state index is 13.2. The average molecular weight is 288 g/mol. The molecule has 1 atom stereocenters. The van der Waals surface area contributed by atoms with Crippen LogP contribution in [0.4, 0.5) is 4.39 Å². The fourth-order valence-corrected chi connectivity index (χ4v) is 2.15. The lowest BCUT2D eigenvalue weighted by molar-refractivity contribution is 0.0117. The molecule has 0 aliphatic carbocycles. The van der Waals surface area contributed by atoms with Gasteiger partial charge in [-0.25, -0.2) is 4.39 Å². The minimum Gasteiger partial charge on any atom is -0.379 e. The van der Waals surface area contributed by atoms with Crippen LogP contribution in [0.15, 0.2) is 18.2 Å². The molecule has 1 aromatic carbocycles. The van der Waals surface area contributed by atoms with E-state index in [1.807, 2.05) is 0 Å². The van der Waals surface area contributed by atoms with E-state index >= 15 is 0 Å². The fraction of sp³-hybridized carbons (Fsp3) is 0.600. The topological polar surface area (TPSA) is 21.3 Å². The molecule has 0 radical (unpaired) electrons. The Morgan fingerprint density at radius 1 is 1.42 bits per heavy atom. The van der Waals surface area contributed by atoms with Gasteiger partial charge >= 0.3 is 0 Å². The summed E-state index contributed by atoms with van der Waals surface area (Å²) < 4.78 is 18.6. The summed E-state index contributed by atoms with van der Waals surface area (Å²) in [6, 6.07) is 5.07. The lowest BCUT2D eigenvalue weighted by atomic mass is 9.95. The highest BCUT2D eigenvalue weighted by Crippen LogP contribution is 2.27. The predicted octanol–water partition coefficient (Wildman–Crippen LogP) is 4.33. The number of nitrogens with one attached hydrogen (secondary N) is 1. The lowest BCUT2D eigenvalue weighted by Crippen LogP contribution is -2.27. The number of halogens is 2. The Balaban J connectivity index is 2.79. The van der Waals surface area contributed by atoms with Crippen LogP contribution in [0.3, 0.4) is 0 Å². The molecule has 0 spiro atoms. The maximum Gasteiger partial charge on any atom is 0.141 e. The summed E-state index contributed by atoms with van der Waals surface area (Å²) >= 11 is 5.85. The van der Waals surface area contributed by atoms with Gasteiger partial charge in [-0.05, 0) is 50.9 Å². The molecule has 0 amide bonds. The molecular formula is C15H23ClFNO. The molecule has 0 fully saturated rings. The summed E-state index contributed by atoms with van der Waals surface area (Å²) in [4.78, 5) is 0. The Bertz CT molecular complexity index is 409. The third-order valence-electron chi connectivity index (χ3n) is 3.38. The van der Waals surface area contributed by atoms with Gasteiger partial charge in [-0.15, -0.1) is 0 Å². The monoisotopic (exact) mass is 287 g/mol. The van der Waals surface area contributed by atoms with Crippen molar-refractivity contribution in [3.05, 3.63) is 34.6 Å². The van der Waals surface area contributed by atoms with Crippen LogP contribution in [0.5, 0.6) is 0 Å². The van der Waals surface area contributed by atoms with Gasteiger partial charge < -0.3 is 10.1 Å². The maximum atomic E-state index is 13.2. The van der Waals surface area contributed by atoms with Crippen molar-refractivity contribution in [1.82, 2.24) is 5.32 Å². The van der Waals surface area contributed by atoms with Crippen LogP contribution in [0.25, 0.3) is 0 Å². The van der Waals surface area contributed by atoms with Crippen LogP contribution in [0.1, 0.15) is 45.2 Å². The molecule has 4 heteroatoms. The molecular weight excluding hydrogens is 265 g/mol. The van der Waals surface area contributed by atoms with Gasteiger partial charge in [-0.2, -0.15) is 0 Å². The zero-order valence-electron chi connectivity index (χ0n) is 12.1. The van der Waals surface area contributed by atoms with Crippen LogP contribution in [0, 0.1) is 5.82 Å². The van der Waals surface area contributed by atoms with Crippen LogP contribution < -0.4 is 5.32 Å². The van der Waals surface area contributed by atoms with E-state index in [4.69, 9.17) is 16.3 Å². The zero-order chi connectivity index (χ0) is 14.5. The molecule has 0 bridgehead atoms. The second kappa shape index (κ2) is 7.22. The summed E-state index contributed by atoms with van der Waals surface area (Å²) in [6.45, 7) is 7.04. The number of hydrogen-bond acceptors (Lipinski definition) is 2. The van der Waals surface area contributed by atoms with Gasteiger partial charge in [0.2, 0.25) is 0 Å². The predicted molar refractivity (Wildman–Crippen MR) is 78.1 cm³/mol. The molecule has 1 N–H and O–H groups in total. The summed E-state index contributed by atoms with van der Waals surface area (Å²) in [5.41, 5.74) is 0.859. The highest BCUT2D eigenvalue weighted by atomic mass is 35.5. The van der Waals surface area contributed by atoms with E-state index in [1.54, 1.807) is 19.2 Å². The van der Waals surface area contributed by atoms with Gasteiger partial charge in [0.15, 0.2) is 0 Å². The lowest BCUT2D eigenvalue weighted by Gasteiger charge is -2.26. The Hall–Kier alpha value is -0.640. The number of ether oxygens (including phenoxy) is 1. The quantitative estimate of drug-likeness (QED) is 0.806. The van der Waals surface area contributed by atoms with E-state index in [1.165, 1.54) is 6.07 Å². The van der Waals surface area contributed by atoms with Gasteiger partial charge in [0.25, 0.3) is 0 Å². The first-order chi connectivity index (χ1) is 8.89. The third kappa shape index (κ3) is 5.09. The van der Waals surface area contributed by atoms with Crippen LogP contribution >= 0.6 is 11.6 Å². The van der Waals surface area contributed by atoms with Gasteiger partial charge in [0.1, 0.15) is 5.82 Å². The van der Waals surface area contributed by atoms with Crippen molar-refractivity contribution >= 4 is 11.6 Å². The Morgan fingerprint density at radius 3 is 2.63 bits per heavy atom. The van der Waals surface area contributed by atoms with Crippen molar-refractivity contribution in [2.45, 2.75) is 45.3 Å². The largest absolute Gasteiger partial charge is 0.379 e. The molecule has 2 nitrogen and oxygen atoms in total. The van der Waals surface area contributed by atoms with Crippen molar-refractivity contribution in [1.29, 1.82) is 0 Å². The average Bonchev–Trinajstić information content (AvgIpc) is 2.38. The molecule has 0 aliphatic rings. The van der Waals surface area contributed by atoms with E-state index < -0.39 is 0 Å². The first kappa shape index (κ1) is 16.4. The number of hydrogen-bond donors (Lipinski definition) is 1. The van der Waals surface area contributed by atoms with Crippen molar-refractivity contribution in [2.75, 3.05) is 13.7 Å². The van der Waals surface area contributed by atoms with E-state index in [0.29, 0.717) is 0 Å². The van der Waals surface area contributed by atoms with Crippen molar-refractivity contribution in [3.63, 3.8) is 0 Å². The smallest absolute Gasteiger partial charge is 0.141 e. The second-order valence-corrected chi connectivity index (χ2v) is 5.69. The van der Waals surface area contributed by atoms with Crippen molar-refractivity contribution in [3.8, 4) is 0 Å². The van der Waals surface area contributed by atoms with Crippen LogP contribution in [-0.2, 0) is 4.74 Å². The SMILES string of the molecule is CCNC(CCC(C)(C)OC)c1ccc(F)c(Cl)c1. The standard InChI is InChI=1S/C15H23ClFNO/c1-5-18-14(8-9-15(2,3)19-4)11-6-7-13(17)12(16)10-11/h6-7,10,14,18H,5,8-9H2,1-4H3. The minimum absolute atomic E-state index is 0.155. The minimum atomic E-state index is -0.377. The Morgan fingerprint density at radius 2 is 2.11 bits per heavy atom. The fourth-order valence-electron chi connectivity index (χ4n) is 1.96. The Labute approximate surface area is 120 Å². The zero-order valence-corrected chi connectivity index (χ0v) is 12.9. The summed E-state index contributed by atoms with van der Waals surface area (Å²) in [7, 11) is 1.72. The molecule has 0 heterocycles. The molecule has 1 unspecified atom stereocenters. The van der Waals surface area contributed by atoms with E-state index in [-0.39, 0.29) is 22.5 Å². The van der Waals surface area contributed by atoms with Crippen LogP contribution in [-0.4, -0.2) is 19.3 Å². The van der Waals surface area contributed by atoms with E-state index in [9.17, 15) is 4.39 Å². The van der Waals surface area contributed by atoms with Gasteiger partial charge in [-0.1, -0.05) is 24.6 Å². The molecule has 19 heavy (non-hydrogen) atoms. The molecule has 108 valence electrons.